The number of halogens is 1. The van der Waals surface area contributed by atoms with Crippen molar-refractivity contribution in [2.24, 2.45) is 0 Å². The van der Waals surface area contributed by atoms with Crippen LogP contribution in [0.3, 0.4) is 0 Å². The van der Waals surface area contributed by atoms with Gasteiger partial charge in [0.2, 0.25) is 5.91 Å². The molecule has 0 bridgehead atoms. The molecule has 0 unspecified atom stereocenters. The maximum atomic E-state index is 12.3. The fraction of sp³-hybridized carbons (Fsp3) is 0.412. The van der Waals surface area contributed by atoms with E-state index >= 15 is 0 Å². The summed E-state index contributed by atoms with van der Waals surface area (Å²) < 4.78 is 0. The maximum Gasteiger partial charge on any atom is 0.222 e. The van der Waals surface area contributed by atoms with Crippen LogP contribution in [0.4, 0.5) is 0 Å². The molecule has 116 valence electrons. The van der Waals surface area contributed by atoms with Crippen LogP contribution in [-0.4, -0.2) is 27.5 Å². The minimum Gasteiger partial charge on any atom is -0.338 e. The maximum absolute atomic E-state index is 12.3. The van der Waals surface area contributed by atoms with Crippen molar-refractivity contribution in [1.29, 1.82) is 0 Å². The van der Waals surface area contributed by atoms with Crippen LogP contribution in [-0.2, 0) is 17.8 Å². The van der Waals surface area contributed by atoms with Crippen molar-refractivity contribution >= 4 is 17.5 Å². The lowest BCUT2D eigenvalue weighted by Gasteiger charge is -2.27. The lowest BCUT2D eigenvalue weighted by Crippen LogP contribution is -2.35. The van der Waals surface area contributed by atoms with E-state index in [1.54, 1.807) is 0 Å². The Morgan fingerprint density at radius 1 is 1.45 bits per heavy atom. The van der Waals surface area contributed by atoms with Crippen molar-refractivity contribution in [3.63, 3.8) is 0 Å². The van der Waals surface area contributed by atoms with Crippen LogP contribution in [0.5, 0.6) is 0 Å². The molecule has 1 amide bonds. The summed E-state index contributed by atoms with van der Waals surface area (Å²) in [5.74, 6) is 0.241. The number of carbonyl (C=O) groups is 1. The summed E-state index contributed by atoms with van der Waals surface area (Å²) in [7, 11) is 0. The molecule has 0 radical (unpaired) electrons. The molecule has 0 spiro atoms. The predicted octanol–water partition coefficient (Wildman–Crippen LogP) is 3.81. The molecule has 1 N–H and O–H groups in total. The third-order valence-corrected chi connectivity index (χ3v) is 4.36. The summed E-state index contributed by atoms with van der Waals surface area (Å²) >= 11 is 6.08. The Kier molecular flexibility index (Phi) is 4.48. The number of unbranched alkanes of at least 4 members (excludes halogenated alkanes) is 1. The fourth-order valence-corrected chi connectivity index (χ4v) is 3.06. The number of nitrogens with zero attached hydrogens (tertiary/aromatic N) is 2. The highest BCUT2D eigenvalue weighted by Gasteiger charge is 2.25. The van der Waals surface area contributed by atoms with Crippen LogP contribution in [0, 0.1) is 0 Å². The molecule has 0 saturated carbocycles. The molecule has 0 fully saturated rings. The van der Waals surface area contributed by atoms with Crippen LogP contribution >= 0.6 is 11.6 Å². The smallest absolute Gasteiger partial charge is 0.222 e. The number of H-pyrrole nitrogens is 1. The molecule has 5 heteroatoms. The van der Waals surface area contributed by atoms with Gasteiger partial charge in [-0.05, 0) is 18.6 Å². The van der Waals surface area contributed by atoms with Crippen molar-refractivity contribution in [3.8, 4) is 11.3 Å². The molecule has 22 heavy (non-hydrogen) atoms. The number of hydrogen-bond donors (Lipinski definition) is 1. The third-order valence-electron chi connectivity index (χ3n) is 4.13. The van der Waals surface area contributed by atoms with Gasteiger partial charge in [0.15, 0.2) is 0 Å². The van der Waals surface area contributed by atoms with Crippen LogP contribution in [0.1, 0.15) is 37.4 Å². The average Bonchev–Trinajstić information content (AvgIpc) is 2.95. The topological polar surface area (TPSA) is 49.0 Å². The zero-order valence-corrected chi connectivity index (χ0v) is 13.5. The van der Waals surface area contributed by atoms with Crippen molar-refractivity contribution in [2.45, 2.75) is 39.2 Å². The number of amides is 1. The van der Waals surface area contributed by atoms with E-state index in [1.807, 2.05) is 29.2 Å². The van der Waals surface area contributed by atoms with Gasteiger partial charge < -0.3 is 4.90 Å². The van der Waals surface area contributed by atoms with Crippen molar-refractivity contribution < 1.29 is 4.79 Å². The fourth-order valence-electron chi connectivity index (χ4n) is 2.87. The summed E-state index contributed by atoms with van der Waals surface area (Å²) in [6.07, 6.45) is 3.47. The normalized spacial score (nSPS) is 14.0. The van der Waals surface area contributed by atoms with E-state index in [-0.39, 0.29) is 5.91 Å². The van der Waals surface area contributed by atoms with E-state index in [9.17, 15) is 4.79 Å². The number of carbonyl (C=O) groups excluding carboxylic acids is 1. The van der Waals surface area contributed by atoms with Crippen LogP contribution in [0.2, 0.25) is 5.02 Å². The second kappa shape index (κ2) is 6.53. The molecular formula is C17H20ClN3O. The Bertz CT molecular complexity index is 680. The number of aromatic amines is 1. The first kappa shape index (κ1) is 15.1. The number of aromatic nitrogens is 2. The van der Waals surface area contributed by atoms with Crippen molar-refractivity contribution in [1.82, 2.24) is 15.1 Å². The largest absolute Gasteiger partial charge is 0.338 e. The summed E-state index contributed by atoms with van der Waals surface area (Å²) in [4.78, 5) is 14.2. The van der Waals surface area contributed by atoms with Gasteiger partial charge >= 0.3 is 0 Å². The standard InChI is InChI=1S/C17H20ClN3O/c1-2-3-7-16(22)21-9-8-15-14(11-21)17(20-19-15)12-5-4-6-13(18)10-12/h4-6,10H,2-3,7-9,11H2,1H3,(H,19,20). The first-order chi connectivity index (χ1) is 10.7. The number of nitrogens with one attached hydrogen (secondary N) is 1. The number of fused-ring (bicyclic) bond motifs is 1. The Morgan fingerprint density at radius 3 is 3.09 bits per heavy atom. The van der Waals surface area contributed by atoms with E-state index in [0.717, 1.165) is 48.3 Å². The molecule has 2 aromatic rings. The first-order valence-electron chi connectivity index (χ1n) is 7.79. The second-order valence-electron chi connectivity index (χ2n) is 5.71. The highest BCUT2D eigenvalue weighted by atomic mass is 35.5. The molecule has 0 saturated heterocycles. The SMILES string of the molecule is CCCCC(=O)N1CCc2[nH]nc(-c3cccc(Cl)c3)c2C1. The lowest BCUT2D eigenvalue weighted by atomic mass is 10.0. The van der Waals surface area contributed by atoms with E-state index in [2.05, 4.69) is 17.1 Å². The quantitative estimate of drug-likeness (QED) is 0.932. The Hall–Kier alpha value is -1.81. The minimum atomic E-state index is 0.241. The number of benzene rings is 1. The molecule has 1 aromatic heterocycles. The summed E-state index contributed by atoms with van der Waals surface area (Å²) in [5.41, 5.74) is 4.16. The van der Waals surface area contributed by atoms with E-state index in [1.165, 1.54) is 0 Å². The van der Waals surface area contributed by atoms with Crippen LogP contribution in [0.15, 0.2) is 24.3 Å². The van der Waals surface area contributed by atoms with Crippen molar-refractivity contribution in [3.05, 3.63) is 40.5 Å². The van der Waals surface area contributed by atoms with Gasteiger partial charge in [-0.3, -0.25) is 9.89 Å². The molecule has 1 aliphatic heterocycles. The summed E-state index contributed by atoms with van der Waals surface area (Å²) in [6.45, 7) is 3.51. The van der Waals surface area contributed by atoms with Crippen LogP contribution < -0.4 is 0 Å². The van der Waals surface area contributed by atoms with Crippen molar-refractivity contribution in [2.75, 3.05) is 6.54 Å². The molecule has 0 atom stereocenters. The van der Waals surface area contributed by atoms with E-state index in [4.69, 9.17) is 11.6 Å². The zero-order chi connectivity index (χ0) is 15.5. The highest BCUT2D eigenvalue weighted by molar-refractivity contribution is 6.30. The molecule has 2 heterocycles. The minimum absolute atomic E-state index is 0.241. The van der Waals surface area contributed by atoms with Gasteiger partial charge in [0.1, 0.15) is 0 Å². The summed E-state index contributed by atoms with van der Waals surface area (Å²) in [5, 5.41) is 8.25. The predicted molar refractivity (Wildman–Crippen MR) is 87.7 cm³/mol. The number of hydrogen-bond acceptors (Lipinski definition) is 2. The van der Waals surface area contributed by atoms with Gasteiger partial charge in [0.05, 0.1) is 5.69 Å². The molecule has 1 aliphatic rings. The van der Waals surface area contributed by atoms with Crippen LogP contribution in [0.25, 0.3) is 11.3 Å². The van der Waals surface area contributed by atoms with Gasteiger partial charge in [0.25, 0.3) is 0 Å². The Labute approximate surface area is 135 Å². The second-order valence-corrected chi connectivity index (χ2v) is 6.14. The lowest BCUT2D eigenvalue weighted by molar-refractivity contribution is -0.132. The molecule has 3 rings (SSSR count). The van der Waals surface area contributed by atoms with Gasteiger partial charge in [-0.2, -0.15) is 5.10 Å². The molecule has 0 aliphatic carbocycles. The van der Waals surface area contributed by atoms with E-state index < -0.39 is 0 Å². The highest BCUT2D eigenvalue weighted by Crippen LogP contribution is 2.30. The Balaban J connectivity index is 1.84. The summed E-state index contributed by atoms with van der Waals surface area (Å²) in [6, 6.07) is 7.69. The monoisotopic (exact) mass is 317 g/mol. The molecule has 1 aromatic carbocycles. The van der Waals surface area contributed by atoms with Gasteiger partial charge in [-0.15, -0.1) is 0 Å². The average molecular weight is 318 g/mol. The van der Waals surface area contributed by atoms with Gasteiger partial charge in [-0.25, -0.2) is 0 Å². The molecular weight excluding hydrogens is 298 g/mol. The first-order valence-corrected chi connectivity index (χ1v) is 8.16. The third kappa shape index (κ3) is 3.02. The van der Waals surface area contributed by atoms with Gasteiger partial charge in [0, 0.05) is 47.8 Å². The van der Waals surface area contributed by atoms with E-state index in [0.29, 0.717) is 18.0 Å². The zero-order valence-electron chi connectivity index (χ0n) is 12.7. The Morgan fingerprint density at radius 2 is 2.32 bits per heavy atom. The number of rotatable bonds is 4. The molecule has 4 nitrogen and oxygen atoms in total. The van der Waals surface area contributed by atoms with Gasteiger partial charge in [-0.1, -0.05) is 37.1 Å².